The quantitative estimate of drug-likeness (QED) is 0.307. The maximum absolute atomic E-state index is 12.4. The third-order valence-corrected chi connectivity index (χ3v) is 11.6. The van der Waals surface area contributed by atoms with Crippen molar-refractivity contribution in [2.75, 3.05) is 7.11 Å². The lowest BCUT2D eigenvalue weighted by Gasteiger charge is -2.63. The van der Waals surface area contributed by atoms with E-state index < -0.39 is 11.6 Å². The number of fused-ring (bicyclic) bond motifs is 5. The maximum atomic E-state index is 12.4. The summed E-state index contributed by atoms with van der Waals surface area (Å²) in [5, 5.41) is 0. The van der Waals surface area contributed by atoms with Crippen molar-refractivity contribution in [2.24, 2.45) is 46.3 Å². The van der Waals surface area contributed by atoms with Crippen LogP contribution in [0.2, 0.25) is 0 Å². The van der Waals surface area contributed by atoms with E-state index in [1.807, 2.05) is 0 Å². The molecule has 5 rings (SSSR count). The first-order valence-corrected chi connectivity index (χ1v) is 14.8. The van der Waals surface area contributed by atoms with Crippen LogP contribution < -0.4 is 0 Å². The summed E-state index contributed by atoms with van der Waals surface area (Å²) in [6.45, 7) is 12.2. The van der Waals surface area contributed by atoms with Gasteiger partial charge in [0.15, 0.2) is 0 Å². The third-order valence-electron chi connectivity index (χ3n) is 11.6. The average Bonchev–Trinajstić information content (AvgIpc) is 3.23. The van der Waals surface area contributed by atoms with Gasteiger partial charge in [-0.15, -0.1) is 0 Å². The molecule has 216 valence electrons. The molecule has 38 heavy (non-hydrogen) atoms. The van der Waals surface area contributed by atoms with E-state index in [9.17, 15) is 9.59 Å². The van der Waals surface area contributed by atoms with E-state index in [-0.39, 0.29) is 28.9 Å². The van der Waals surface area contributed by atoms with E-state index >= 15 is 0 Å². The Balaban J connectivity index is 1.37. The highest BCUT2D eigenvalue weighted by Crippen LogP contribution is 2.69. The molecule has 4 aliphatic carbocycles. The second-order valence-corrected chi connectivity index (χ2v) is 14.0. The Kier molecular flexibility index (Phi) is 7.45. The van der Waals surface area contributed by atoms with Gasteiger partial charge in [0.25, 0.3) is 0 Å². The molecule has 8 heteroatoms. The highest BCUT2D eigenvalue weighted by atomic mass is 17.4. The standard InChI is InChI=1S/C30H48O8/c1-18(8-13-26(32)33-7)22-11-12-23-21-10-9-20-17-30(37-35-27(3,4)36-38-30)15-14-28(20,5)24(21)16-25(29(22,23)6)34-19(2)31/h18,20-25H,8-17H2,1-7H3/t18-,20-,21?,22-,23?,24?,25+,28+,29-/m1/s1. The number of rotatable bonds is 5. The molecule has 0 radical (unpaired) electrons. The highest BCUT2D eigenvalue weighted by molar-refractivity contribution is 5.69. The molecule has 0 aromatic heterocycles. The molecule has 1 aliphatic heterocycles. The van der Waals surface area contributed by atoms with Gasteiger partial charge in [-0.25, -0.2) is 0 Å². The monoisotopic (exact) mass is 536 g/mol. The number of hydrogen-bond donors (Lipinski definition) is 0. The number of methoxy groups -OCH3 is 1. The molecule has 0 aromatic rings. The molecule has 0 bridgehead atoms. The van der Waals surface area contributed by atoms with Crippen LogP contribution in [-0.4, -0.2) is 36.7 Å². The Labute approximate surface area is 227 Å². The largest absolute Gasteiger partial charge is 0.469 e. The van der Waals surface area contributed by atoms with Gasteiger partial charge in [0.2, 0.25) is 11.6 Å². The topological polar surface area (TPSA) is 89.5 Å². The third kappa shape index (κ3) is 4.71. The molecule has 5 fully saturated rings. The summed E-state index contributed by atoms with van der Waals surface area (Å²) in [5.41, 5.74) is 0.0342. The average molecular weight is 537 g/mol. The van der Waals surface area contributed by atoms with Gasteiger partial charge in [-0.1, -0.05) is 20.8 Å². The molecule has 1 heterocycles. The Morgan fingerprint density at radius 1 is 0.947 bits per heavy atom. The van der Waals surface area contributed by atoms with Crippen molar-refractivity contribution in [3.8, 4) is 0 Å². The van der Waals surface area contributed by atoms with Crippen LogP contribution in [0, 0.1) is 46.3 Å². The summed E-state index contributed by atoms with van der Waals surface area (Å²) >= 11 is 0. The second kappa shape index (κ2) is 10.0. The molecule has 4 saturated carbocycles. The van der Waals surface area contributed by atoms with E-state index in [1.165, 1.54) is 13.5 Å². The van der Waals surface area contributed by atoms with E-state index in [1.54, 1.807) is 20.8 Å². The highest BCUT2D eigenvalue weighted by Gasteiger charge is 2.66. The van der Waals surface area contributed by atoms with Crippen molar-refractivity contribution in [3.05, 3.63) is 0 Å². The van der Waals surface area contributed by atoms with Crippen LogP contribution in [0.1, 0.15) is 106 Å². The van der Waals surface area contributed by atoms with E-state index in [0.29, 0.717) is 48.3 Å². The number of carbonyl (C=O) groups excluding carboxylic acids is 2. The summed E-state index contributed by atoms with van der Waals surface area (Å²) < 4.78 is 11.1. The predicted molar refractivity (Wildman–Crippen MR) is 138 cm³/mol. The van der Waals surface area contributed by atoms with Crippen LogP contribution in [-0.2, 0) is 38.6 Å². The molecule has 3 unspecified atom stereocenters. The van der Waals surface area contributed by atoms with E-state index in [0.717, 1.165) is 44.9 Å². The van der Waals surface area contributed by atoms with Gasteiger partial charge in [0.1, 0.15) is 6.10 Å². The normalized spacial score (nSPS) is 43.9. The molecule has 8 nitrogen and oxygen atoms in total. The Morgan fingerprint density at radius 3 is 2.32 bits per heavy atom. The second-order valence-electron chi connectivity index (χ2n) is 14.0. The lowest BCUT2D eigenvalue weighted by Crippen LogP contribution is -2.61. The number of esters is 2. The first kappa shape index (κ1) is 28.3. The first-order valence-electron chi connectivity index (χ1n) is 14.8. The molecule has 1 saturated heterocycles. The number of hydrogen-bond acceptors (Lipinski definition) is 8. The molecule has 0 aromatic carbocycles. The molecular weight excluding hydrogens is 488 g/mol. The Hall–Kier alpha value is -1.22. The van der Waals surface area contributed by atoms with Crippen molar-refractivity contribution in [3.63, 3.8) is 0 Å². The predicted octanol–water partition coefficient (Wildman–Crippen LogP) is 6.12. The molecule has 0 N–H and O–H groups in total. The molecular formula is C30H48O8. The lowest BCUT2D eigenvalue weighted by atomic mass is 9.43. The van der Waals surface area contributed by atoms with E-state index in [4.69, 9.17) is 29.0 Å². The summed E-state index contributed by atoms with van der Waals surface area (Å²) in [4.78, 5) is 47.1. The zero-order chi connectivity index (χ0) is 27.5. The minimum absolute atomic E-state index is 0.0791. The first-order chi connectivity index (χ1) is 17.8. The fraction of sp³-hybridized carbons (Fsp3) is 0.933. The Morgan fingerprint density at radius 2 is 1.66 bits per heavy atom. The zero-order valence-electron chi connectivity index (χ0n) is 24.4. The minimum atomic E-state index is -0.915. The SMILES string of the molecule is COC(=O)CC[C@@H](C)[C@H]1CCC2C3CC[C@@H]4CC5(CC[C@]4(C)C3C[C@H](OC(C)=O)[C@@]21C)OOC(C)(C)OO5. The van der Waals surface area contributed by atoms with Crippen LogP contribution in [0.5, 0.6) is 0 Å². The van der Waals surface area contributed by atoms with Crippen LogP contribution in [0.3, 0.4) is 0 Å². The summed E-state index contributed by atoms with van der Waals surface area (Å²) in [6, 6.07) is 0. The summed E-state index contributed by atoms with van der Waals surface area (Å²) in [5.74, 6) is 0.704. The fourth-order valence-corrected chi connectivity index (χ4v) is 9.65. The molecule has 9 atom stereocenters. The van der Waals surface area contributed by atoms with Crippen LogP contribution in [0.25, 0.3) is 0 Å². The van der Waals surface area contributed by atoms with Gasteiger partial charge in [-0.2, -0.15) is 19.6 Å². The molecule has 1 spiro atoms. The fourth-order valence-electron chi connectivity index (χ4n) is 9.65. The number of carbonyl (C=O) groups is 2. The smallest absolute Gasteiger partial charge is 0.305 e. The van der Waals surface area contributed by atoms with Crippen molar-refractivity contribution in [1.29, 1.82) is 0 Å². The van der Waals surface area contributed by atoms with Crippen molar-refractivity contribution in [2.45, 2.75) is 123 Å². The molecule has 0 amide bonds. The van der Waals surface area contributed by atoms with Gasteiger partial charge in [0.05, 0.1) is 7.11 Å². The van der Waals surface area contributed by atoms with Gasteiger partial charge >= 0.3 is 11.9 Å². The van der Waals surface area contributed by atoms with Crippen LogP contribution in [0.4, 0.5) is 0 Å². The summed E-state index contributed by atoms with van der Waals surface area (Å²) in [7, 11) is 1.45. The van der Waals surface area contributed by atoms with Crippen LogP contribution >= 0.6 is 0 Å². The van der Waals surface area contributed by atoms with Gasteiger partial charge < -0.3 is 9.47 Å². The van der Waals surface area contributed by atoms with Crippen molar-refractivity contribution in [1.82, 2.24) is 0 Å². The van der Waals surface area contributed by atoms with Crippen molar-refractivity contribution < 1.29 is 38.6 Å². The maximum Gasteiger partial charge on any atom is 0.305 e. The van der Waals surface area contributed by atoms with Gasteiger partial charge in [-0.3, -0.25) is 9.59 Å². The number of ether oxygens (including phenoxy) is 2. The Bertz CT molecular complexity index is 908. The zero-order valence-corrected chi connectivity index (χ0v) is 24.4. The van der Waals surface area contributed by atoms with Crippen molar-refractivity contribution >= 4 is 11.9 Å². The van der Waals surface area contributed by atoms with Crippen LogP contribution in [0.15, 0.2) is 0 Å². The summed E-state index contributed by atoms with van der Waals surface area (Å²) in [6.07, 6.45) is 9.05. The van der Waals surface area contributed by atoms with Gasteiger partial charge in [-0.05, 0) is 99.7 Å². The minimum Gasteiger partial charge on any atom is -0.469 e. The molecule has 5 aliphatic rings. The van der Waals surface area contributed by atoms with Gasteiger partial charge in [0, 0.05) is 31.6 Å². The lowest BCUT2D eigenvalue weighted by molar-refractivity contribution is -0.656. The van der Waals surface area contributed by atoms with E-state index in [2.05, 4.69) is 20.8 Å².